The van der Waals surface area contributed by atoms with E-state index in [1.165, 1.54) is 4.80 Å². The highest BCUT2D eigenvalue weighted by molar-refractivity contribution is 5.99. The second-order valence-electron chi connectivity index (χ2n) is 7.18. The molecule has 3 aromatic carbocycles. The van der Waals surface area contributed by atoms with Crippen LogP contribution >= 0.6 is 0 Å². The summed E-state index contributed by atoms with van der Waals surface area (Å²) in [5, 5.41) is 12.5. The number of ether oxygens (including phenoxy) is 2. The molecule has 0 atom stereocenters. The number of fused-ring (bicyclic) bond motifs is 1. The van der Waals surface area contributed by atoms with Crippen LogP contribution in [0.4, 0.5) is 0 Å². The van der Waals surface area contributed by atoms with E-state index in [9.17, 15) is 9.59 Å². The zero-order chi connectivity index (χ0) is 22.6. The average molecular weight is 442 g/mol. The molecule has 5 rings (SSSR count). The molecule has 0 unspecified atom stereocenters. The van der Waals surface area contributed by atoms with Gasteiger partial charge in [-0.1, -0.05) is 42.5 Å². The third-order valence-electron chi connectivity index (χ3n) is 4.95. The van der Waals surface area contributed by atoms with Crippen molar-refractivity contribution in [1.82, 2.24) is 31.1 Å². The third-order valence-corrected chi connectivity index (χ3v) is 4.95. The molecule has 0 aliphatic carbocycles. The van der Waals surface area contributed by atoms with Crippen LogP contribution in [0.1, 0.15) is 26.3 Å². The predicted molar refractivity (Wildman–Crippen MR) is 116 cm³/mol. The van der Waals surface area contributed by atoms with Gasteiger partial charge in [-0.2, -0.15) is 4.80 Å². The van der Waals surface area contributed by atoms with Crippen LogP contribution in [0.5, 0.6) is 11.5 Å². The Morgan fingerprint density at radius 2 is 1.55 bits per heavy atom. The van der Waals surface area contributed by atoms with Crippen LogP contribution in [0, 0.1) is 0 Å². The highest BCUT2D eigenvalue weighted by Crippen LogP contribution is 2.32. The van der Waals surface area contributed by atoms with Gasteiger partial charge >= 0.3 is 0 Å². The van der Waals surface area contributed by atoms with Crippen molar-refractivity contribution in [2.45, 2.75) is 6.54 Å². The molecule has 0 bridgehead atoms. The zero-order valence-electron chi connectivity index (χ0n) is 17.3. The molecule has 0 spiro atoms. The van der Waals surface area contributed by atoms with Crippen molar-refractivity contribution >= 4 is 11.8 Å². The maximum absolute atomic E-state index is 12.4. The van der Waals surface area contributed by atoms with Crippen molar-refractivity contribution in [2.75, 3.05) is 6.79 Å². The number of amides is 2. The lowest BCUT2D eigenvalue weighted by Crippen LogP contribution is -2.41. The summed E-state index contributed by atoms with van der Waals surface area (Å²) in [6, 6.07) is 21.3. The highest BCUT2D eigenvalue weighted by Gasteiger charge is 2.17. The van der Waals surface area contributed by atoms with Gasteiger partial charge in [-0.05, 0) is 41.1 Å². The van der Waals surface area contributed by atoms with Crippen LogP contribution in [-0.2, 0) is 6.54 Å². The molecule has 1 aliphatic rings. The van der Waals surface area contributed by atoms with Gasteiger partial charge in [0.2, 0.25) is 12.6 Å². The van der Waals surface area contributed by atoms with Crippen molar-refractivity contribution in [3.63, 3.8) is 0 Å². The highest BCUT2D eigenvalue weighted by atomic mass is 16.7. The first-order valence-corrected chi connectivity index (χ1v) is 10.1. The summed E-state index contributed by atoms with van der Waals surface area (Å²) in [7, 11) is 0. The van der Waals surface area contributed by atoms with E-state index < -0.39 is 11.8 Å². The fourth-order valence-electron chi connectivity index (χ4n) is 3.23. The zero-order valence-corrected chi connectivity index (χ0v) is 17.3. The predicted octanol–water partition coefficient (Wildman–Crippen LogP) is 2.19. The molecule has 1 aromatic heterocycles. The third kappa shape index (κ3) is 4.49. The van der Waals surface area contributed by atoms with E-state index >= 15 is 0 Å². The Balaban J connectivity index is 1.17. The van der Waals surface area contributed by atoms with Gasteiger partial charge in [0.05, 0.1) is 6.54 Å². The van der Waals surface area contributed by atoms with E-state index in [0.29, 0.717) is 35.0 Å². The number of hydrazine groups is 1. The number of rotatable bonds is 5. The summed E-state index contributed by atoms with van der Waals surface area (Å²) in [6.45, 7) is 0.525. The molecule has 10 nitrogen and oxygen atoms in total. The molecule has 4 aromatic rings. The normalized spacial score (nSPS) is 11.8. The number of carbonyl (C=O) groups is 2. The van der Waals surface area contributed by atoms with Crippen LogP contribution in [0.3, 0.4) is 0 Å². The molecule has 164 valence electrons. The first-order valence-electron chi connectivity index (χ1n) is 10.1. The molecular weight excluding hydrogens is 424 g/mol. The van der Waals surface area contributed by atoms with Gasteiger partial charge in [0.15, 0.2) is 11.5 Å². The summed E-state index contributed by atoms with van der Waals surface area (Å²) >= 11 is 0. The number of aromatic nitrogens is 4. The van der Waals surface area contributed by atoms with Gasteiger partial charge in [-0.15, -0.1) is 10.2 Å². The lowest BCUT2D eigenvalue weighted by Gasteiger charge is -2.08. The van der Waals surface area contributed by atoms with Gasteiger partial charge in [-0.25, -0.2) is 0 Å². The van der Waals surface area contributed by atoms with Crippen LogP contribution in [0.2, 0.25) is 0 Å². The Hall–Kier alpha value is -4.73. The van der Waals surface area contributed by atoms with Gasteiger partial charge in [0, 0.05) is 16.7 Å². The first-order chi connectivity index (χ1) is 16.2. The summed E-state index contributed by atoms with van der Waals surface area (Å²) in [5.41, 5.74) is 7.31. The van der Waals surface area contributed by atoms with E-state index in [1.807, 2.05) is 30.3 Å². The maximum atomic E-state index is 12.4. The number of hydrogen-bond acceptors (Lipinski definition) is 7. The van der Waals surface area contributed by atoms with E-state index in [2.05, 4.69) is 26.3 Å². The number of tetrazole rings is 1. The summed E-state index contributed by atoms with van der Waals surface area (Å²) in [5.74, 6) is 0.700. The molecular formula is C23H18N6O4. The smallest absolute Gasteiger partial charge is 0.269 e. The summed E-state index contributed by atoms with van der Waals surface area (Å²) in [4.78, 5) is 26.2. The van der Waals surface area contributed by atoms with Crippen LogP contribution in [-0.4, -0.2) is 38.8 Å². The van der Waals surface area contributed by atoms with E-state index in [0.717, 1.165) is 11.1 Å². The molecule has 0 saturated carbocycles. The van der Waals surface area contributed by atoms with Crippen molar-refractivity contribution in [3.8, 4) is 22.9 Å². The van der Waals surface area contributed by atoms with Crippen LogP contribution in [0.15, 0.2) is 72.8 Å². The Labute approximate surface area is 188 Å². The molecule has 0 fully saturated rings. The Morgan fingerprint density at radius 1 is 0.848 bits per heavy atom. The lowest BCUT2D eigenvalue weighted by atomic mass is 10.1. The molecule has 1 aliphatic heterocycles. The van der Waals surface area contributed by atoms with Crippen molar-refractivity contribution in [1.29, 1.82) is 0 Å². The van der Waals surface area contributed by atoms with Gasteiger partial charge in [0.1, 0.15) is 0 Å². The number of nitrogens with one attached hydrogen (secondary N) is 2. The summed E-state index contributed by atoms with van der Waals surface area (Å²) < 4.78 is 10.5. The average Bonchev–Trinajstić information content (AvgIpc) is 3.52. The van der Waals surface area contributed by atoms with E-state index in [-0.39, 0.29) is 6.79 Å². The van der Waals surface area contributed by atoms with E-state index in [4.69, 9.17) is 9.47 Å². The molecule has 2 amide bonds. The van der Waals surface area contributed by atoms with E-state index in [1.54, 1.807) is 42.5 Å². The minimum absolute atomic E-state index is 0.119. The maximum Gasteiger partial charge on any atom is 0.269 e. The largest absolute Gasteiger partial charge is 0.454 e. The Kier molecular flexibility index (Phi) is 5.38. The Bertz CT molecular complexity index is 1300. The van der Waals surface area contributed by atoms with Crippen LogP contribution < -0.4 is 20.3 Å². The molecule has 33 heavy (non-hydrogen) atoms. The quantitative estimate of drug-likeness (QED) is 0.455. The lowest BCUT2D eigenvalue weighted by molar-refractivity contribution is 0.0846. The molecule has 0 radical (unpaired) electrons. The molecule has 0 saturated heterocycles. The first kappa shape index (κ1) is 20.2. The summed E-state index contributed by atoms with van der Waals surface area (Å²) in [6.07, 6.45) is 0. The Morgan fingerprint density at radius 3 is 2.33 bits per heavy atom. The van der Waals surface area contributed by atoms with Gasteiger partial charge in [-0.3, -0.25) is 20.4 Å². The van der Waals surface area contributed by atoms with Gasteiger partial charge < -0.3 is 9.47 Å². The number of hydrogen-bond donors (Lipinski definition) is 2. The topological polar surface area (TPSA) is 120 Å². The van der Waals surface area contributed by atoms with Crippen LogP contribution in [0.25, 0.3) is 11.4 Å². The second-order valence-corrected chi connectivity index (χ2v) is 7.18. The molecule has 2 N–H and O–H groups in total. The molecule has 2 heterocycles. The van der Waals surface area contributed by atoms with Crippen molar-refractivity contribution in [3.05, 3.63) is 89.5 Å². The number of nitrogens with zero attached hydrogens (tertiary/aromatic N) is 4. The van der Waals surface area contributed by atoms with Crippen molar-refractivity contribution in [2.24, 2.45) is 0 Å². The fourth-order valence-corrected chi connectivity index (χ4v) is 3.23. The minimum Gasteiger partial charge on any atom is -0.454 e. The standard InChI is InChI=1S/C23H18N6O4/c30-22(25-26-23(31)18-10-11-19-20(12-18)33-14-32-19)17-8-6-15(7-9-17)13-29-27-21(24-28-29)16-4-2-1-3-5-16/h1-12H,13-14H2,(H,25,30)(H,26,31). The SMILES string of the molecule is O=C(NNC(=O)c1ccc2c(c1)OCO2)c1ccc(Cn2nnc(-c3ccccc3)n2)cc1. The minimum atomic E-state index is -0.468. The monoisotopic (exact) mass is 442 g/mol. The number of carbonyl (C=O) groups excluding carboxylic acids is 2. The van der Waals surface area contributed by atoms with Crippen molar-refractivity contribution < 1.29 is 19.1 Å². The molecule has 10 heteroatoms. The number of benzene rings is 3. The fraction of sp³-hybridized carbons (Fsp3) is 0.0870. The van der Waals surface area contributed by atoms with Gasteiger partial charge in [0.25, 0.3) is 11.8 Å². The second kappa shape index (κ2) is 8.79.